The van der Waals surface area contributed by atoms with Crippen molar-refractivity contribution in [3.8, 4) is 11.5 Å². The number of imide groups is 1. The van der Waals surface area contributed by atoms with E-state index < -0.39 is 99.9 Å². The van der Waals surface area contributed by atoms with E-state index in [1.807, 2.05) is 0 Å². The number of aliphatic hydroxyl groups is 3. The number of carbonyl (C=O) groups is 6. The molecule has 0 unspecified atom stereocenters. The SMILES string of the molecule is CC(C)(C)C(=O)OCc1ccc(OCCOCCCC(=O)[C@H](CS(=O)(=O)O)NC(=O)CCN2C(=O)C=CC2=O)cc1O[C@@H]1O[C@H](C(=O)O)[C@@H](O)[C@H](O)[C@H]1O. The van der Waals surface area contributed by atoms with Crippen molar-refractivity contribution in [1.29, 1.82) is 0 Å². The fourth-order valence-corrected chi connectivity index (χ4v) is 5.58. The lowest BCUT2D eigenvalue weighted by molar-refractivity contribution is -0.271. The van der Waals surface area contributed by atoms with Crippen LogP contribution in [0.2, 0.25) is 0 Å². The number of rotatable bonds is 20. The van der Waals surface area contributed by atoms with Crippen molar-refractivity contribution >= 4 is 45.6 Å². The number of amides is 3. The molecule has 0 spiro atoms. The number of esters is 1. The molecule has 1 fully saturated rings. The molecule has 0 radical (unpaired) electrons. The molecule has 3 rings (SSSR count). The van der Waals surface area contributed by atoms with Gasteiger partial charge in [-0.15, -0.1) is 0 Å². The van der Waals surface area contributed by atoms with Gasteiger partial charge in [0.2, 0.25) is 12.2 Å². The van der Waals surface area contributed by atoms with Crippen LogP contribution in [0.1, 0.15) is 45.6 Å². The summed E-state index contributed by atoms with van der Waals surface area (Å²) in [7, 11) is -4.68. The molecule has 0 saturated carbocycles. The molecule has 21 heteroatoms. The van der Waals surface area contributed by atoms with Crippen molar-refractivity contribution in [1.82, 2.24) is 10.2 Å². The van der Waals surface area contributed by atoms with E-state index in [9.17, 15) is 62.2 Å². The summed E-state index contributed by atoms with van der Waals surface area (Å²) in [5.41, 5.74) is -0.591. The third-order valence-corrected chi connectivity index (χ3v) is 8.59. The van der Waals surface area contributed by atoms with Crippen LogP contribution >= 0.6 is 0 Å². The highest BCUT2D eigenvalue weighted by molar-refractivity contribution is 7.85. The van der Waals surface area contributed by atoms with Gasteiger partial charge >= 0.3 is 11.9 Å². The lowest BCUT2D eigenvalue weighted by Gasteiger charge is -2.38. The molecule has 0 aliphatic carbocycles. The number of carboxylic acids is 1. The van der Waals surface area contributed by atoms with Gasteiger partial charge in [-0.3, -0.25) is 33.4 Å². The number of benzene rings is 1. The van der Waals surface area contributed by atoms with Crippen molar-refractivity contribution in [2.45, 2.75) is 83.4 Å². The maximum absolute atomic E-state index is 12.7. The average molecular weight is 789 g/mol. The van der Waals surface area contributed by atoms with Crippen LogP contribution in [-0.2, 0) is 59.7 Å². The first-order valence-electron chi connectivity index (χ1n) is 16.6. The van der Waals surface area contributed by atoms with Crippen LogP contribution in [-0.4, -0.2) is 143 Å². The topological polar surface area (TPSA) is 299 Å². The number of nitrogens with zero attached hydrogens (tertiary/aromatic N) is 1. The molecule has 1 aromatic carbocycles. The number of aliphatic hydroxyl groups excluding tert-OH is 3. The zero-order valence-electron chi connectivity index (χ0n) is 29.6. The first-order chi connectivity index (χ1) is 25.2. The molecule has 0 aromatic heterocycles. The normalized spacial score (nSPS) is 22.1. The number of ketones is 1. The predicted molar refractivity (Wildman–Crippen MR) is 180 cm³/mol. The van der Waals surface area contributed by atoms with Crippen LogP contribution < -0.4 is 14.8 Å². The minimum atomic E-state index is -4.68. The molecule has 0 bridgehead atoms. The summed E-state index contributed by atoms with van der Waals surface area (Å²) in [5, 5.41) is 42.2. The van der Waals surface area contributed by atoms with Crippen molar-refractivity contribution < 1.29 is 85.8 Å². The summed E-state index contributed by atoms with van der Waals surface area (Å²) in [6, 6.07) is 2.68. The van der Waals surface area contributed by atoms with E-state index in [-0.39, 0.29) is 62.9 Å². The van der Waals surface area contributed by atoms with Gasteiger partial charge in [-0.25, -0.2) is 4.79 Å². The predicted octanol–water partition coefficient (Wildman–Crippen LogP) is -1.52. The van der Waals surface area contributed by atoms with Crippen LogP contribution in [0.3, 0.4) is 0 Å². The molecule has 300 valence electrons. The number of carboxylic acid groups (broad SMARTS) is 1. The number of Topliss-reactive ketones (excluding diaryl/α,β-unsaturated/α-hetero) is 1. The van der Waals surface area contributed by atoms with Gasteiger partial charge in [0, 0.05) is 49.8 Å². The third kappa shape index (κ3) is 13.1. The van der Waals surface area contributed by atoms with Crippen molar-refractivity contribution in [3.05, 3.63) is 35.9 Å². The number of ether oxygens (including phenoxy) is 5. The molecule has 1 aromatic rings. The standard InChI is InChI=1S/C33H44N2O18S/c1-33(2,3)32(45)51-16-18-6-7-19(15-22(18)52-31-28(42)26(40)27(41)29(53-31)30(43)44)50-14-13-49-12-4-5-21(36)20(17-54(46,47)48)34-23(37)10-11-35-24(38)8-9-25(35)39/h6-9,15,20,26-29,31,40-42H,4-5,10-14,16-17H2,1-3H3,(H,34,37)(H,43,44)(H,46,47,48)/t20-,26-,27-,28+,29-,31+/m0/s1. The van der Waals surface area contributed by atoms with Crippen LogP contribution in [0, 0.1) is 5.41 Å². The minimum Gasteiger partial charge on any atom is -0.491 e. The Morgan fingerprint density at radius 1 is 0.963 bits per heavy atom. The molecule has 20 nitrogen and oxygen atoms in total. The molecule has 6 N–H and O–H groups in total. The van der Waals surface area contributed by atoms with Gasteiger partial charge in [-0.2, -0.15) is 8.42 Å². The molecule has 6 atom stereocenters. The maximum Gasteiger partial charge on any atom is 0.335 e. The number of hydrogen-bond donors (Lipinski definition) is 6. The van der Waals surface area contributed by atoms with Crippen molar-refractivity contribution in [3.63, 3.8) is 0 Å². The second-order valence-corrected chi connectivity index (χ2v) is 14.8. The number of hydrogen-bond acceptors (Lipinski definition) is 16. The Kier molecular flexibility index (Phi) is 15.6. The first kappa shape index (κ1) is 43.9. The Morgan fingerprint density at radius 2 is 1.63 bits per heavy atom. The Hall–Kier alpha value is -4.51. The maximum atomic E-state index is 12.7. The van der Waals surface area contributed by atoms with Gasteiger partial charge in [-0.05, 0) is 39.3 Å². The number of carbonyl (C=O) groups excluding carboxylic acids is 5. The Balaban J connectivity index is 1.54. The van der Waals surface area contributed by atoms with Crippen LogP contribution in [0.5, 0.6) is 11.5 Å². The number of aliphatic carboxylic acids is 1. The van der Waals surface area contributed by atoms with E-state index in [0.29, 0.717) is 0 Å². The smallest absolute Gasteiger partial charge is 0.335 e. The third-order valence-electron chi connectivity index (χ3n) is 7.84. The molecule has 3 amide bonds. The molecule has 2 heterocycles. The molecule has 2 aliphatic rings. The zero-order valence-corrected chi connectivity index (χ0v) is 30.4. The van der Waals surface area contributed by atoms with Gasteiger partial charge in [-0.1, -0.05) is 0 Å². The van der Waals surface area contributed by atoms with E-state index in [0.717, 1.165) is 17.1 Å². The fraction of sp³-hybridized carbons (Fsp3) is 0.576. The second kappa shape index (κ2) is 19.2. The van der Waals surface area contributed by atoms with Gasteiger partial charge < -0.3 is 49.4 Å². The Morgan fingerprint density at radius 3 is 2.24 bits per heavy atom. The summed E-state index contributed by atoms with van der Waals surface area (Å²) < 4.78 is 59.6. The van der Waals surface area contributed by atoms with Crippen molar-refractivity contribution in [2.75, 3.05) is 32.1 Å². The summed E-state index contributed by atoms with van der Waals surface area (Å²) in [4.78, 5) is 73.1. The molecule has 54 heavy (non-hydrogen) atoms. The monoisotopic (exact) mass is 788 g/mol. The van der Waals surface area contributed by atoms with Crippen molar-refractivity contribution in [2.24, 2.45) is 5.41 Å². The van der Waals surface area contributed by atoms with Gasteiger partial charge in [0.25, 0.3) is 21.9 Å². The van der Waals surface area contributed by atoms with E-state index in [1.165, 1.54) is 18.2 Å². The van der Waals surface area contributed by atoms with Crippen LogP contribution in [0.25, 0.3) is 0 Å². The number of nitrogens with one attached hydrogen (secondary N) is 1. The van der Waals surface area contributed by atoms with E-state index in [4.69, 9.17) is 23.7 Å². The summed E-state index contributed by atoms with van der Waals surface area (Å²) >= 11 is 0. The molecular weight excluding hydrogens is 744 g/mol. The average Bonchev–Trinajstić information content (AvgIpc) is 3.40. The lowest BCUT2D eigenvalue weighted by atomic mass is 9.97. The lowest BCUT2D eigenvalue weighted by Crippen LogP contribution is -2.61. The minimum absolute atomic E-state index is 0.00387. The summed E-state index contributed by atoms with van der Waals surface area (Å²) in [6.45, 7) is 4.24. The Labute approximate surface area is 309 Å². The molecular formula is C33H44N2O18S. The van der Waals surface area contributed by atoms with Crippen LogP contribution in [0.15, 0.2) is 30.4 Å². The quantitative estimate of drug-likeness (QED) is 0.0378. The highest BCUT2D eigenvalue weighted by atomic mass is 32.2. The summed E-state index contributed by atoms with van der Waals surface area (Å²) in [6.07, 6.45) is -7.98. The first-order valence-corrected chi connectivity index (χ1v) is 18.2. The van der Waals surface area contributed by atoms with Gasteiger partial charge in [0.15, 0.2) is 11.9 Å². The van der Waals surface area contributed by atoms with E-state index >= 15 is 0 Å². The van der Waals surface area contributed by atoms with Gasteiger partial charge in [0.1, 0.15) is 54.8 Å². The molecule has 1 saturated heterocycles. The zero-order chi connectivity index (χ0) is 40.4. The Bertz CT molecular complexity index is 1670. The fourth-order valence-electron chi connectivity index (χ4n) is 4.89. The largest absolute Gasteiger partial charge is 0.491 e. The highest BCUT2D eigenvalue weighted by Gasteiger charge is 2.48. The second-order valence-electron chi connectivity index (χ2n) is 13.3. The summed E-state index contributed by atoms with van der Waals surface area (Å²) in [5.74, 6) is -5.95. The highest BCUT2D eigenvalue weighted by Crippen LogP contribution is 2.31. The van der Waals surface area contributed by atoms with Gasteiger partial charge in [0.05, 0.1) is 12.0 Å². The molecule has 2 aliphatic heterocycles. The van der Waals surface area contributed by atoms with E-state index in [1.54, 1.807) is 20.8 Å². The van der Waals surface area contributed by atoms with E-state index in [2.05, 4.69) is 5.32 Å². The van der Waals surface area contributed by atoms with Crippen LogP contribution in [0.4, 0.5) is 0 Å².